The molecule has 1 heterocycles. The number of amidine groups is 1. The summed E-state index contributed by atoms with van der Waals surface area (Å²) in [5.74, 6) is -0.264. The Morgan fingerprint density at radius 1 is 1.16 bits per heavy atom. The molecule has 3 aromatic rings. The molecule has 6 nitrogen and oxygen atoms in total. The second kappa shape index (κ2) is 11.7. The molecule has 1 amide bonds. The molecule has 0 aliphatic carbocycles. The van der Waals surface area contributed by atoms with Crippen molar-refractivity contribution in [3.63, 3.8) is 0 Å². The average Bonchev–Trinajstić information content (AvgIpc) is 3.06. The van der Waals surface area contributed by atoms with Crippen molar-refractivity contribution in [3.05, 3.63) is 77.2 Å². The SMILES string of the molecule is CC(=O)O.COc1cc2ccccc2cc1/C=C1\SC(=Nc2cc[c-]cc2)NC1=O.[Na+]. The van der Waals surface area contributed by atoms with Crippen molar-refractivity contribution in [2.45, 2.75) is 6.92 Å². The van der Waals surface area contributed by atoms with Gasteiger partial charge in [0.1, 0.15) is 5.75 Å². The predicted molar refractivity (Wildman–Crippen MR) is 120 cm³/mol. The normalized spacial score (nSPS) is 15.1. The summed E-state index contributed by atoms with van der Waals surface area (Å²) in [5.41, 5.74) is 1.63. The van der Waals surface area contributed by atoms with Gasteiger partial charge < -0.3 is 15.2 Å². The van der Waals surface area contributed by atoms with E-state index in [1.165, 1.54) is 11.8 Å². The number of ether oxygens (including phenoxy) is 1. The third-order valence-corrected chi connectivity index (χ3v) is 4.88. The third kappa shape index (κ3) is 6.97. The maximum atomic E-state index is 12.3. The van der Waals surface area contributed by atoms with Crippen molar-refractivity contribution in [2.24, 2.45) is 4.99 Å². The van der Waals surface area contributed by atoms with Gasteiger partial charge in [0.15, 0.2) is 5.17 Å². The molecule has 1 aliphatic rings. The third-order valence-electron chi connectivity index (χ3n) is 3.97. The second-order valence-electron chi connectivity index (χ2n) is 6.20. The molecule has 3 aromatic carbocycles. The molecule has 1 saturated heterocycles. The van der Waals surface area contributed by atoms with Gasteiger partial charge in [-0.3, -0.25) is 14.6 Å². The van der Waals surface area contributed by atoms with Crippen LogP contribution < -0.4 is 39.6 Å². The predicted octanol–water partition coefficient (Wildman–Crippen LogP) is 1.64. The molecule has 0 spiro atoms. The Kier molecular flexibility index (Phi) is 9.33. The molecule has 1 aliphatic heterocycles. The number of carbonyl (C=O) groups is 2. The van der Waals surface area contributed by atoms with E-state index in [2.05, 4.69) is 16.4 Å². The number of aliphatic imine (C=N–C) groups is 1. The Balaban J connectivity index is 0.000000631. The van der Waals surface area contributed by atoms with E-state index in [-0.39, 0.29) is 35.5 Å². The molecule has 31 heavy (non-hydrogen) atoms. The summed E-state index contributed by atoms with van der Waals surface area (Å²) in [6.07, 6.45) is 1.84. The number of hydrogen-bond acceptors (Lipinski definition) is 5. The van der Waals surface area contributed by atoms with Crippen LogP contribution in [0.15, 0.2) is 70.6 Å². The van der Waals surface area contributed by atoms with Crippen molar-refractivity contribution < 1.29 is 49.0 Å². The fourth-order valence-corrected chi connectivity index (χ4v) is 3.55. The van der Waals surface area contributed by atoms with E-state index < -0.39 is 5.97 Å². The zero-order valence-electron chi connectivity index (χ0n) is 17.4. The van der Waals surface area contributed by atoms with Gasteiger partial charge in [0.05, 0.1) is 12.0 Å². The van der Waals surface area contributed by atoms with Gasteiger partial charge in [-0.05, 0) is 46.4 Å². The standard InChI is InChI=1S/C21H15N2O2S.C2H4O2.Na/c1-25-18-12-15-8-6-5-7-14(15)11-16(18)13-19-20(24)23-21(26-19)22-17-9-3-2-4-10-17;1-2(3)4;/h3-13H,1H3,(H,22,23,24);1H3,(H,3,4);/q-1;;+1/b19-13-;;. The first kappa shape index (κ1) is 24.7. The maximum absolute atomic E-state index is 12.3. The number of nitrogens with one attached hydrogen (secondary N) is 1. The molecular weight excluding hydrogens is 423 g/mol. The minimum Gasteiger partial charge on any atom is -0.496 e. The zero-order valence-corrected chi connectivity index (χ0v) is 20.2. The van der Waals surface area contributed by atoms with Crippen molar-refractivity contribution in [1.82, 2.24) is 5.32 Å². The molecule has 1 fully saturated rings. The van der Waals surface area contributed by atoms with Crippen LogP contribution in [0.1, 0.15) is 12.5 Å². The van der Waals surface area contributed by atoms with Gasteiger partial charge in [0, 0.05) is 12.5 Å². The van der Waals surface area contributed by atoms with Crippen LogP contribution in [0.5, 0.6) is 5.75 Å². The van der Waals surface area contributed by atoms with E-state index >= 15 is 0 Å². The van der Waals surface area contributed by atoms with Crippen LogP contribution in [0.25, 0.3) is 16.8 Å². The quantitative estimate of drug-likeness (QED) is 0.366. The minimum atomic E-state index is -0.833. The smallest absolute Gasteiger partial charge is 0.496 e. The van der Waals surface area contributed by atoms with Gasteiger partial charge >= 0.3 is 29.6 Å². The molecular formula is C23H19N2NaO4S. The average molecular weight is 442 g/mol. The number of methoxy groups -OCH3 is 1. The van der Waals surface area contributed by atoms with Crippen molar-refractivity contribution >= 4 is 51.3 Å². The van der Waals surface area contributed by atoms with Crippen LogP contribution >= 0.6 is 11.8 Å². The molecule has 0 bridgehead atoms. The fraction of sp³-hybridized carbons (Fsp3) is 0.0870. The van der Waals surface area contributed by atoms with Gasteiger partial charge in [-0.2, -0.15) is 18.2 Å². The van der Waals surface area contributed by atoms with Gasteiger partial charge in [0.25, 0.3) is 11.9 Å². The van der Waals surface area contributed by atoms with Crippen molar-refractivity contribution in [1.29, 1.82) is 0 Å². The summed E-state index contributed by atoms with van der Waals surface area (Å²) in [6.45, 7) is 1.08. The van der Waals surface area contributed by atoms with E-state index in [4.69, 9.17) is 14.6 Å². The van der Waals surface area contributed by atoms with Crippen LogP contribution in [0.2, 0.25) is 0 Å². The van der Waals surface area contributed by atoms with Crippen LogP contribution in [0, 0.1) is 6.07 Å². The number of thioether (sulfide) groups is 1. The monoisotopic (exact) mass is 442 g/mol. The Hall–Kier alpha value is -2.58. The van der Waals surface area contributed by atoms with Gasteiger partial charge in [-0.25, -0.2) is 0 Å². The van der Waals surface area contributed by atoms with E-state index in [1.807, 2.05) is 54.6 Å². The molecule has 0 unspecified atom stereocenters. The van der Waals surface area contributed by atoms with Crippen LogP contribution in [0.3, 0.4) is 0 Å². The topological polar surface area (TPSA) is 88.0 Å². The molecule has 0 saturated carbocycles. The van der Waals surface area contributed by atoms with E-state index in [0.717, 1.165) is 34.7 Å². The van der Waals surface area contributed by atoms with E-state index in [1.54, 1.807) is 19.2 Å². The first-order chi connectivity index (χ1) is 14.5. The second-order valence-corrected chi connectivity index (χ2v) is 7.23. The number of aliphatic carboxylic acids is 1. The summed E-state index contributed by atoms with van der Waals surface area (Å²) < 4.78 is 5.50. The summed E-state index contributed by atoms with van der Waals surface area (Å²) in [5, 5.41) is 13.0. The number of carboxylic acids is 1. The number of rotatable bonds is 3. The Morgan fingerprint density at radius 3 is 2.39 bits per heavy atom. The number of carboxylic acid groups (broad SMARTS) is 1. The molecule has 152 valence electrons. The summed E-state index contributed by atoms with van der Waals surface area (Å²) >= 11 is 1.32. The van der Waals surface area contributed by atoms with Crippen LogP contribution in [-0.2, 0) is 9.59 Å². The molecule has 8 heteroatoms. The molecule has 4 rings (SSSR count). The maximum Gasteiger partial charge on any atom is 1.00 e. The van der Waals surface area contributed by atoms with Crippen LogP contribution in [0.4, 0.5) is 5.69 Å². The minimum absolute atomic E-state index is 0. The Morgan fingerprint density at radius 2 is 1.77 bits per heavy atom. The Labute approximate surface area is 206 Å². The molecule has 0 radical (unpaired) electrons. The number of amides is 1. The number of nitrogens with zero attached hydrogens (tertiary/aromatic N) is 1. The number of carbonyl (C=O) groups excluding carboxylic acids is 1. The van der Waals surface area contributed by atoms with E-state index in [0.29, 0.717) is 10.1 Å². The fourth-order valence-electron chi connectivity index (χ4n) is 2.72. The van der Waals surface area contributed by atoms with Gasteiger partial charge in [-0.1, -0.05) is 24.3 Å². The molecule has 0 aromatic heterocycles. The van der Waals surface area contributed by atoms with Crippen molar-refractivity contribution in [2.75, 3.05) is 7.11 Å². The first-order valence-electron chi connectivity index (χ1n) is 8.98. The van der Waals surface area contributed by atoms with E-state index in [9.17, 15) is 4.79 Å². The molecule has 0 atom stereocenters. The van der Waals surface area contributed by atoms with Gasteiger partial charge in [0.2, 0.25) is 0 Å². The summed E-state index contributed by atoms with van der Waals surface area (Å²) in [4.78, 5) is 26.3. The Bertz CT molecular complexity index is 1140. The number of fused-ring (bicyclic) bond motifs is 1. The first-order valence-corrected chi connectivity index (χ1v) is 9.80. The number of hydrogen-bond donors (Lipinski definition) is 2. The van der Waals surface area contributed by atoms with Gasteiger partial charge in [-0.15, -0.1) is 12.1 Å². The number of benzene rings is 3. The largest absolute Gasteiger partial charge is 1.00 e. The van der Waals surface area contributed by atoms with Crippen molar-refractivity contribution in [3.8, 4) is 5.75 Å². The summed E-state index contributed by atoms with van der Waals surface area (Å²) in [6, 6.07) is 22.3. The van der Waals surface area contributed by atoms with Crippen LogP contribution in [-0.4, -0.2) is 29.3 Å². The summed E-state index contributed by atoms with van der Waals surface area (Å²) in [7, 11) is 1.63. The zero-order chi connectivity index (χ0) is 21.5. The molecule has 2 N–H and O–H groups in total.